The predicted molar refractivity (Wildman–Crippen MR) is 97.5 cm³/mol. The Kier molecular flexibility index (Phi) is 8.85. The van der Waals surface area contributed by atoms with Crippen molar-refractivity contribution < 1.29 is 18.0 Å². The fourth-order valence-electron chi connectivity index (χ4n) is 1.88. The van der Waals surface area contributed by atoms with Crippen LogP contribution in [0.1, 0.15) is 19.8 Å². The van der Waals surface area contributed by atoms with E-state index in [1.165, 1.54) is 0 Å². The zero-order chi connectivity index (χ0) is 16.7. The summed E-state index contributed by atoms with van der Waals surface area (Å²) in [5, 5.41) is 0. The molecular formula is C14H34O4Si3. The topological polar surface area (TPSA) is 36.9 Å². The van der Waals surface area contributed by atoms with Crippen LogP contribution in [0.5, 0.6) is 0 Å². The van der Waals surface area contributed by atoms with Gasteiger partial charge < -0.3 is 18.0 Å². The van der Waals surface area contributed by atoms with Crippen molar-refractivity contribution in [2.24, 2.45) is 0 Å². The average molecular weight is 351 g/mol. The minimum Gasteiger partial charge on any atom is -0.382 e. The van der Waals surface area contributed by atoms with Gasteiger partial charge in [0.15, 0.2) is 27.1 Å². The molecule has 0 saturated heterocycles. The van der Waals surface area contributed by atoms with Crippen LogP contribution in [0.3, 0.4) is 0 Å². The maximum atomic E-state index is 6.27. The molecule has 0 aromatic rings. The summed E-state index contributed by atoms with van der Waals surface area (Å²) < 4.78 is 23.9. The molecule has 0 radical (unpaired) electrons. The third-order valence-electron chi connectivity index (χ3n) is 2.35. The van der Waals surface area contributed by atoms with Crippen LogP contribution < -0.4 is 0 Å². The van der Waals surface area contributed by atoms with Gasteiger partial charge in [0.05, 0.1) is 6.61 Å². The maximum Gasteiger partial charge on any atom is 0.253 e. The van der Waals surface area contributed by atoms with Crippen molar-refractivity contribution in [1.82, 2.24) is 0 Å². The average Bonchev–Trinajstić information content (AvgIpc) is 2.23. The van der Waals surface area contributed by atoms with Gasteiger partial charge in [-0.25, -0.2) is 0 Å². The molecule has 0 amide bonds. The molecule has 0 heterocycles. The lowest BCUT2D eigenvalue weighted by atomic mass is 10.3. The van der Waals surface area contributed by atoms with Crippen molar-refractivity contribution in [2.45, 2.75) is 65.0 Å². The lowest BCUT2D eigenvalue weighted by Gasteiger charge is -2.42. The first kappa shape index (κ1) is 21.2. The lowest BCUT2D eigenvalue weighted by molar-refractivity contribution is -0.268. The Morgan fingerprint density at radius 2 is 1.52 bits per heavy atom. The second-order valence-electron chi connectivity index (χ2n) is 7.43. The van der Waals surface area contributed by atoms with Crippen molar-refractivity contribution in [1.29, 1.82) is 0 Å². The molecule has 0 aromatic heterocycles. The molecule has 0 saturated carbocycles. The molecule has 126 valence electrons. The molecule has 0 aliphatic rings. The highest BCUT2D eigenvalue weighted by Gasteiger charge is 2.40. The summed E-state index contributed by atoms with van der Waals surface area (Å²) in [6, 6.07) is 0. The van der Waals surface area contributed by atoms with Crippen molar-refractivity contribution in [3.8, 4) is 0 Å². The summed E-state index contributed by atoms with van der Waals surface area (Å²) in [4.78, 5) is 0. The molecule has 7 heteroatoms. The molecule has 4 nitrogen and oxygen atoms in total. The van der Waals surface area contributed by atoms with E-state index in [9.17, 15) is 0 Å². The Morgan fingerprint density at radius 3 is 1.86 bits per heavy atom. The molecular weight excluding hydrogens is 316 g/mol. The summed E-state index contributed by atoms with van der Waals surface area (Å²) in [5.41, 5.74) is 1.04. The SMILES string of the molecule is C=C(C)COCCCC(O[SiH3])(O[Si](C)(C)C)O[Si](C)(C)C. The second-order valence-corrected chi connectivity index (χ2v) is 16.7. The second kappa shape index (κ2) is 8.76. The summed E-state index contributed by atoms with van der Waals surface area (Å²) in [6.45, 7) is 20.0. The molecule has 0 aliphatic heterocycles. The molecule has 0 rings (SSSR count). The summed E-state index contributed by atoms with van der Waals surface area (Å²) in [5.74, 6) is -0.867. The summed E-state index contributed by atoms with van der Waals surface area (Å²) >= 11 is 0. The molecule has 0 spiro atoms. The Hall–Kier alpha value is 0.231. The van der Waals surface area contributed by atoms with Gasteiger partial charge in [0.1, 0.15) is 0 Å². The van der Waals surface area contributed by atoms with Gasteiger partial charge in [-0.15, -0.1) is 0 Å². The van der Waals surface area contributed by atoms with Gasteiger partial charge in [0, 0.05) is 13.0 Å². The third-order valence-corrected chi connectivity index (χ3v) is 4.82. The van der Waals surface area contributed by atoms with Gasteiger partial charge in [-0.1, -0.05) is 12.2 Å². The van der Waals surface area contributed by atoms with E-state index >= 15 is 0 Å². The largest absolute Gasteiger partial charge is 0.382 e. The van der Waals surface area contributed by atoms with Crippen molar-refractivity contribution in [3.63, 3.8) is 0 Å². The predicted octanol–water partition coefficient (Wildman–Crippen LogP) is 3.01. The van der Waals surface area contributed by atoms with Crippen LogP contribution >= 0.6 is 0 Å². The fourth-order valence-corrected chi connectivity index (χ4v) is 4.99. The van der Waals surface area contributed by atoms with E-state index in [0.29, 0.717) is 30.1 Å². The Balaban J connectivity index is 4.66. The first-order valence-corrected chi connectivity index (χ1v) is 15.2. The number of hydrogen-bond donors (Lipinski definition) is 0. The molecule has 0 unspecified atom stereocenters. The van der Waals surface area contributed by atoms with Crippen LogP contribution in [0.15, 0.2) is 12.2 Å². The first-order chi connectivity index (χ1) is 9.39. The van der Waals surface area contributed by atoms with Crippen LogP contribution in [-0.4, -0.2) is 46.3 Å². The van der Waals surface area contributed by atoms with Gasteiger partial charge in [0.25, 0.3) is 5.97 Å². The summed E-state index contributed by atoms with van der Waals surface area (Å²) in [6.07, 6.45) is 1.56. The Bertz CT molecular complexity index is 305. The molecule has 0 bridgehead atoms. The van der Waals surface area contributed by atoms with E-state index in [1.54, 1.807) is 0 Å². The monoisotopic (exact) mass is 350 g/mol. The lowest BCUT2D eigenvalue weighted by Crippen LogP contribution is -2.51. The van der Waals surface area contributed by atoms with Crippen LogP contribution in [0, 0.1) is 0 Å². The van der Waals surface area contributed by atoms with Crippen LogP contribution in [-0.2, 0) is 18.0 Å². The fraction of sp³-hybridized carbons (Fsp3) is 0.857. The molecule has 0 N–H and O–H groups in total. The third kappa shape index (κ3) is 11.5. The van der Waals surface area contributed by atoms with Crippen LogP contribution in [0.2, 0.25) is 39.3 Å². The quantitative estimate of drug-likeness (QED) is 0.248. The van der Waals surface area contributed by atoms with Gasteiger partial charge in [-0.2, -0.15) is 0 Å². The smallest absolute Gasteiger partial charge is 0.253 e. The van der Waals surface area contributed by atoms with Gasteiger partial charge >= 0.3 is 0 Å². The standard InChI is InChI=1S/C14H34O4Si3/c1-13(2)12-15-11-9-10-14(16-19,17-20(3,4)5)18-21(6,7)8/h1,9-12H2,2-8,19H3. The van der Waals surface area contributed by atoms with E-state index < -0.39 is 22.6 Å². The zero-order valence-electron chi connectivity index (χ0n) is 15.2. The van der Waals surface area contributed by atoms with E-state index in [4.69, 9.17) is 18.0 Å². The molecule has 0 fully saturated rings. The minimum atomic E-state index is -1.76. The minimum absolute atomic E-state index is 0.589. The van der Waals surface area contributed by atoms with E-state index in [1.807, 2.05) is 6.92 Å². The van der Waals surface area contributed by atoms with Gasteiger partial charge in [0.2, 0.25) is 0 Å². The van der Waals surface area contributed by atoms with E-state index in [2.05, 4.69) is 45.9 Å². The van der Waals surface area contributed by atoms with E-state index in [0.717, 1.165) is 12.0 Å². The molecule has 0 aliphatic carbocycles. The Labute approximate surface area is 136 Å². The van der Waals surface area contributed by atoms with Gasteiger partial charge in [-0.3, -0.25) is 0 Å². The van der Waals surface area contributed by atoms with Crippen molar-refractivity contribution in [2.75, 3.05) is 13.2 Å². The highest BCUT2D eigenvalue weighted by atomic mass is 28.4. The van der Waals surface area contributed by atoms with Gasteiger partial charge in [-0.05, 0) is 52.6 Å². The Morgan fingerprint density at radius 1 is 1.05 bits per heavy atom. The normalized spacial score (nSPS) is 13.7. The number of ether oxygens (including phenoxy) is 1. The highest BCUT2D eigenvalue weighted by molar-refractivity contribution is 6.71. The summed E-state index contributed by atoms with van der Waals surface area (Å²) in [7, 11) is -2.93. The maximum absolute atomic E-state index is 6.27. The van der Waals surface area contributed by atoms with E-state index in [-0.39, 0.29) is 0 Å². The number of hydrogen-bond acceptors (Lipinski definition) is 4. The van der Waals surface area contributed by atoms with Crippen molar-refractivity contribution >= 4 is 27.1 Å². The molecule has 0 aromatic carbocycles. The highest BCUT2D eigenvalue weighted by Crippen LogP contribution is 2.29. The van der Waals surface area contributed by atoms with Crippen molar-refractivity contribution in [3.05, 3.63) is 12.2 Å². The zero-order valence-corrected chi connectivity index (χ0v) is 19.2. The number of rotatable bonds is 11. The van der Waals surface area contributed by atoms with Crippen LogP contribution in [0.25, 0.3) is 0 Å². The molecule has 21 heavy (non-hydrogen) atoms. The first-order valence-electron chi connectivity index (χ1n) is 7.57. The molecule has 0 atom stereocenters. The van der Waals surface area contributed by atoms with Crippen LogP contribution in [0.4, 0.5) is 0 Å².